The van der Waals surface area contributed by atoms with Gasteiger partial charge in [-0.2, -0.15) is 0 Å². The van der Waals surface area contributed by atoms with Gasteiger partial charge in [-0.05, 0) is 35.0 Å². The fourth-order valence-corrected chi connectivity index (χ4v) is 4.29. The maximum atomic E-state index is 12.5. The van der Waals surface area contributed by atoms with Crippen molar-refractivity contribution in [2.75, 3.05) is 18.6 Å². The van der Waals surface area contributed by atoms with E-state index in [-0.39, 0.29) is 23.5 Å². The summed E-state index contributed by atoms with van der Waals surface area (Å²) in [5.74, 6) is -0.0426. The van der Waals surface area contributed by atoms with E-state index < -0.39 is 9.84 Å². The van der Waals surface area contributed by atoms with E-state index in [1.807, 2.05) is 0 Å². The average Bonchev–Trinajstić information content (AvgIpc) is 3.15. The van der Waals surface area contributed by atoms with E-state index in [0.717, 1.165) is 0 Å². The monoisotopic (exact) mass is 321 g/mol. The Morgan fingerprint density at radius 3 is 2.86 bits per heavy atom. The highest BCUT2D eigenvalue weighted by atomic mass is 32.2. The molecule has 1 amide bonds. The van der Waals surface area contributed by atoms with Gasteiger partial charge in [-0.3, -0.25) is 4.79 Å². The molecule has 0 radical (unpaired) electrons. The second-order valence-electron chi connectivity index (χ2n) is 5.28. The molecule has 1 aromatic carbocycles. The first-order chi connectivity index (χ1) is 10.5. The van der Waals surface area contributed by atoms with E-state index in [2.05, 4.69) is 15.5 Å². The van der Waals surface area contributed by atoms with Gasteiger partial charge in [0.25, 0.3) is 5.91 Å². The van der Waals surface area contributed by atoms with E-state index in [1.165, 1.54) is 15.9 Å². The molecule has 1 aliphatic rings. The van der Waals surface area contributed by atoms with E-state index >= 15 is 0 Å². The molecule has 0 N–H and O–H groups in total. The molecule has 2 aromatic rings. The van der Waals surface area contributed by atoms with Crippen molar-refractivity contribution in [3.63, 3.8) is 0 Å². The Kier molecular flexibility index (Phi) is 3.65. The number of sulfone groups is 1. The van der Waals surface area contributed by atoms with Gasteiger partial charge in [0, 0.05) is 18.7 Å². The number of hydrogen-bond donors (Lipinski definition) is 0. The van der Waals surface area contributed by atoms with Gasteiger partial charge in [-0.1, -0.05) is 6.07 Å². The number of tetrazole rings is 1. The molecule has 8 nitrogen and oxygen atoms in total. The van der Waals surface area contributed by atoms with Gasteiger partial charge in [0.05, 0.1) is 17.2 Å². The van der Waals surface area contributed by atoms with Crippen molar-refractivity contribution < 1.29 is 13.2 Å². The Balaban J connectivity index is 1.82. The van der Waals surface area contributed by atoms with Crippen LogP contribution in [-0.2, 0) is 9.84 Å². The summed E-state index contributed by atoms with van der Waals surface area (Å²) in [6, 6.07) is 6.63. The van der Waals surface area contributed by atoms with Crippen molar-refractivity contribution in [2.24, 2.45) is 0 Å². The highest BCUT2D eigenvalue weighted by molar-refractivity contribution is 7.91. The van der Waals surface area contributed by atoms with Crippen molar-refractivity contribution in [1.29, 1.82) is 0 Å². The van der Waals surface area contributed by atoms with Crippen LogP contribution in [0.2, 0.25) is 0 Å². The Hall–Kier alpha value is -2.29. The molecule has 1 aromatic heterocycles. The SMILES string of the molecule is CN(C(=O)c1cccc(-n2cnnn2)c1)C1CCS(=O)(=O)C1. The molecule has 9 heteroatoms. The summed E-state index contributed by atoms with van der Waals surface area (Å²) >= 11 is 0. The normalized spacial score (nSPS) is 20.0. The third kappa shape index (κ3) is 2.84. The maximum absolute atomic E-state index is 12.5. The minimum absolute atomic E-state index is 0.0297. The van der Waals surface area contributed by atoms with Crippen LogP contribution in [0, 0.1) is 0 Å². The molecule has 3 rings (SSSR count). The number of benzene rings is 1. The van der Waals surface area contributed by atoms with Gasteiger partial charge >= 0.3 is 0 Å². The smallest absolute Gasteiger partial charge is 0.253 e. The third-order valence-corrected chi connectivity index (χ3v) is 5.53. The molecule has 1 saturated heterocycles. The molecule has 22 heavy (non-hydrogen) atoms. The van der Waals surface area contributed by atoms with E-state index in [1.54, 1.807) is 31.3 Å². The van der Waals surface area contributed by atoms with Crippen molar-refractivity contribution in [3.8, 4) is 5.69 Å². The van der Waals surface area contributed by atoms with Crippen LogP contribution in [0.25, 0.3) is 5.69 Å². The summed E-state index contributed by atoms with van der Waals surface area (Å²) in [6.07, 6.45) is 1.92. The standard InChI is InChI=1S/C13H15N5O3S/c1-17(12-5-6-22(20,21)8-12)13(19)10-3-2-4-11(7-10)18-9-14-15-16-18/h2-4,7,9,12H,5-6,8H2,1H3. The van der Waals surface area contributed by atoms with Gasteiger partial charge < -0.3 is 4.90 Å². The predicted molar refractivity (Wildman–Crippen MR) is 78.3 cm³/mol. The molecule has 0 aliphatic carbocycles. The van der Waals surface area contributed by atoms with Crippen molar-refractivity contribution >= 4 is 15.7 Å². The summed E-state index contributed by atoms with van der Waals surface area (Å²) in [5.41, 5.74) is 1.14. The Bertz CT molecular complexity index is 788. The molecule has 0 spiro atoms. The summed E-state index contributed by atoms with van der Waals surface area (Å²) in [7, 11) is -1.39. The first kappa shape index (κ1) is 14.6. The van der Waals surface area contributed by atoms with Crippen LogP contribution in [-0.4, -0.2) is 64.0 Å². The fourth-order valence-electron chi connectivity index (χ4n) is 2.51. The first-order valence-electron chi connectivity index (χ1n) is 6.77. The number of nitrogens with zero attached hydrogens (tertiary/aromatic N) is 5. The largest absolute Gasteiger partial charge is 0.338 e. The lowest BCUT2D eigenvalue weighted by molar-refractivity contribution is 0.0747. The highest BCUT2D eigenvalue weighted by Gasteiger charge is 2.33. The number of carbonyl (C=O) groups is 1. The van der Waals surface area contributed by atoms with Crippen LogP contribution >= 0.6 is 0 Å². The summed E-state index contributed by atoms with van der Waals surface area (Å²) in [5, 5.41) is 10.9. The predicted octanol–water partition coefficient (Wildman–Crippen LogP) is -0.0786. The molecule has 1 aliphatic heterocycles. The van der Waals surface area contributed by atoms with Crippen LogP contribution in [0.3, 0.4) is 0 Å². The zero-order chi connectivity index (χ0) is 15.7. The molecular weight excluding hydrogens is 306 g/mol. The lowest BCUT2D eigenvalue weighted by Crippen LogP contribution is -2.37. The number of rotatable bonds is 3. The van der Waals surface area contributed by atoms with Crippen molar-refractivity contribution in [1.82, 2.24) is 25.1 Å². The minimum atomic E-state index is -3.02. The van der Waals surface area contributed by atoms with E-state index in [9.17, 15) is 13.2 Å². The summed E-state index contributed by atoms with van der Waals surface area (Å²) < 4.78 is 24.6. The average molecular weight is 321 g/mol. The number of hydrogen-bond acceptors (Lipinski definition) is 6. The van der Waals surface area contributed by atoms with Crippen molar-refractivity contribution in [3.05, 3.63) is 36.2 Å². The van der Waals surface area contributed by atoms with Gasteiger partial charge in [0.15, 0.2) is 9.84 Å². The fraction of sp³-hybridized carbons (Fsp3) is 0.385. The topological polar surface area (TPSA) is 98.1 Å². The summed E-state index contributed by atoms with van der Waals surface area (Å²) in [6.45, 7) is 0. The van der Waals surface area contributed by atoms with E-state index in [0.29, 0.717) is 17.7 Å². The van der Waals surface area contributed by atoms with Gasteiger partial charge in [-0.15, -0.1) is 5.10 Å². The molecule has 1 fully saturated rings. The van der Waals surface area contributed by atoms with E-state index in [4.69, 9.17) is 0 Å². The molecule has 2 heterocycles. The van der Waals surface area contributed by atoms with Gasteiger partial charge in [0.2, 0.25) is 0 Å². The lowest BCUT2D eigenvalue weighted by Gasteiger charge is -2.23. The van der Waals surface area contributed by atoms with Crippen LogP contribution in [0.15, 0.2) is 30.6 Å². The van der Waals surface area contributed by atoms with Gasteiger partial charge in [-0.25, -0.2) is 13.1 Å². The first-order valence-corrected chi connectivity index (χ1v) is 8.59. The van der Waals surface area contributed by atoms with Crippen LogP contribution < -0.4 is 0 Å². The third-order valence-electron chi connectivity index (χ3n) is 3.78. The van der Waals surface area contributed by atoms with Crippen molar-refractivity contribution in [2.45, 2.75) is 12.5 Å². The molecular formula is C13H15N5O3S. The summed E-state index contributed by atoms with van der Waals surface area (Å²) in [4.78, 5) is 14.0. The Labute approximate surface area is 127 Å². The second kappa shape index (κ2) is 5.48. The quantitative estimate of drug-likeness (QED) is 0.784. The Morgan fingerprint density at radius 2 is 2.23 bits per heavy atom. The van der Waals surface area contributed by atoms with Crippen LogP contribution in [0.1, 0.15) is 16.8 Å². The zero-order valence-electron chi connectivity index (χ0n) is 12.0. The zero-order valence-corrected chi connectivity index (χ0v) is 12.8. The molecule has 0 saturated carbocycles. The lowest BCUT2D eigenvalue weighted by atomic mass is 10.1. The van der Waals surface area contributed by atoms with Crippen LogP contribution in [0.4, 0.5) is 0 Å². The number of amides is 1. The molecule has 116 valence electrons. The van der Waals surface area contributed by atoms with Gasteiger partial charge in [0.1, 0.15) is 6.33 Å². The van der Waals surface area contributed by atoms with Crippen LogP contribution in [0.5, 0.6) is 0 Å². The number of aromatic nitrogens is 4. The minimum Gasteiger partial charge on any atom is -0.338 e. The number of carbonyl (C=O) groups excluding carboxylic acids is 1. The second-order valence-corrected chi connectivity index (χ2v) is 7.51. The molecule has 0 bridgehead atoms. The molecule has 1 atom stereocenters. The maximum Gasteiger partial charge on any atom is 0.253 e. The highest BCUT2D eigenvalue weighted by Crippen LogP contribution is 2.19. The Morgan fingerprint density at radius 1 is 1.41 bits per heavy atom. The molecule has 1 unspecified atom stereocenters.